The number of benzene rings is 4. The molecule has 0 spiro atoms. The highest BCUT2D eigenvalue weighted by molar-refractivity contribution is 6.30. The van der Waals surface area contributed by atoms with Crippen molar-refractivity contribution in [2.75, 3.05) is 0 Å². The average molecular weight is 401 g/mol. The Bertz CT molecular complexity index is 1210. The molecule has 0 fully saturated rings. The number of halogens is 1. The van der Waals surface area contributed by atoms with Crippen LogP contribution in [-0.4, -0.2) is 5.97 Å². The van der Waals surface area contributed by atoms with Crippen molar-refractivity contribution in [3.8, 4) is 16.9 Å². The van der Waals surface area contributed by atoms with E-state index in [1.165, 1.54) is 0 Å². The van der Waals surface area contributed by atoms with Crippen LogP contribution >= 0.6 is 11.6 Å². The normalized spacial score (nSPS) is 12.7. The predicted molar refractivity (Wildman–Crippen MR) is 114 cm³/mol. The molecule has 1 heterocycles. The van der Waals surface area contributed by atoms with Crippen LogP contribution in [0.2, 0.25) is 5.02 Å². The topological polar surface area (TPSA) is 35.5 Å². The number of hydrogen-bond donors (Lipinski definition) is 0. The van der Waals surface area contributed by atoms with E-state index in [4.69, 9.17) is 21.1 Å². The molecule has 1 aliphatic heterocycles. The lowest BCUT2D eigenvalue weighted by atomic mass is 9.90. The molecular weight excluding hydrogens is 384 g/mol. The molecule has 0 aliphatic carbocycles. The van der Waals surface area contributed by atoms with E-state index in [0.717, 1.165) is 38.8 Å². The largest absolute Gasteiger partial charge is 0.489 e. The molecule has 0 amide bonds. The highest BCUT2D eigenvalue weighted by atomic mass is 35.5. The molecule has 1 aliphatic rings. The second-order valence-electron chi connectivity index (χ2n) is 7.02. The lowest BCUT2D eigenvalue weighted by molar-refractivity contribution is 0.0535. The summed E-state index contributed by atoms with van der Waals surface area (Å²) in [7, 11) is 0. The fraction of sp³-hybridized carbons (Fsp3) is 0.0800. The van der Waals surface area contributed by atoms with Crippen LogP contribution in [0.1, 0.15) is 21.5 Å². The van der Waals surface area contributed by atoms with Crippen molar-refractivity contribution in [1.29, 1.82) is 0 Å². The minimum absolute atomic E-state index is 0.285. The van der Waals surface area contributed by atoms with Crippen LogP contribution in [0, 0.1) is 0 Å². The molecule has 4 aromatic rings. The van der Waals surface area contributed by atoms with E-state index in [9.17, 15) is 4.79 Å². The zero-order valence-corrected chi connectivity index (χ0v) is 16.3. The van der Waals surface area contributed by atoms with Gasteiger partial charge in [0.2, 0.25) is 0 Å². The summed E-state index contributed by atoms with van der Waals surface area (Å²) in [5, 5.41) is 2.67. The first-order valence-corrected chi connectivity index (χ1v) is 9.76. The van der Waals surface area contributed by atoms with Gasteiger partial charge in [0.1, 0.15) is 19.0 Å². The van der Waals surface area contributed by atoms with Crippen LogP contribution in [0.25, 0.3) is 21.9 Å². The van der Waals surface area contributed by atoms with E-state index in [1.54, 1.807) is 0 Å². The zero-order valence-electron chi connectivity index (χ0n) is 15.5. The third-order valence-corrected chi connectivity index (χ3v) is 5.42. The standard InChI is InChI=1S/C25H17ClO3/c26-19-8-6-17(7-9-19)24-21-11-10-20(28-14-16-4-2-1-3-5-16)12-18(21)13-22-23(24)15-29-25(22)27/h1-13H,14-15H2. The maximum absolute atomic E-state index is 12.3. The van der Waals surface area contributed by atoms with Gasteiger partial charge < -0.3 is 9.47 Å². The van der Waals surface area contributed by atoms with Crippen molar-refractivity contribution in [3.63, 3.8) is 0 Å². The average Bonchev–Trinajstić information content (AvgIpc) is 3.12. The first-order valence-electron chi connectivity index (χ1n) is 9.38. The van der Waals surface area contributed by atoms with Gasteiger partial charge in [-0.05, 0) is 57.8 Å². The minimum atomic E-state index is -0.285. The Kier molecular flexibility index (Phi) is 4.45. The van der Waals surface area contributed by atoms with Gasteiger partial charge in [0.15, 0.2) is 0 Å². The summed E-state index contributed by atoms with van der Waals surface area (Å²) < 4.78 is 11.3. The van der Waals surface area contributed by atoms with Gasteiger partial charge in [0.25, 0.3) is 0 Å². The van der Waals surface area contributed by atoms with Gasteiger partial charge in [0.05, 0.1) is 5.56 Å². The number of esters is 1. The number of hydrogen-bond acceptors (Lipinski definition) is 3. The summed E-state index contributed by atoms with van der Waals surface area (Å²) >= 11 is 6.07. The molecule has 0 saturated carbocycles. The van der Waals surface area contributed by atoms with E-state index in [0.29, 0.717) is 17.2 Å². The van der Waals surface area contributed by atoms with Gasteiger partial charge >= 0.3 is 5.97 Å². The van der Waals surface area contributed by atoms with E-state index < -0.39 is 0 Å². The fourth-order valence-electron chi connectivity index (χ4n) is 3.75. The van der Waals surface area contributed by atoms with E-state index in [-0.39, 0.29) is 12.6 Å². The van der Waals surface area contributed by atoms with E-state index in [2.05, 4.69) is 0 Å². The van der Waals surface area contributed by atoms with Crippen molar-refractivity contribution < 1.29 is 14.3 Å². The summed E-state index contributed by atoms with van der Waals surface area (Å²) in [5.41, 5.74) is 4.65. The van der Waals surface area contributed by atoms with Crippen LogP contribution < -0.4 is 4.74 Å². The first-order chi connectivity index (χ1) is 14.2. The van der Waals surface area contributed by atoms with Crippen molar-refractivity contribution in [2.45, 2.75) is 13.2 Å². The monoisotopic (exact) mass is 400 g/mol. The smallest absolute Gasteiger partial charge is 0.338 e. The second kappa shape index (κ2) is 7.26. The Morgan fingerprint density at radius 2 is 1.72 bits per heavy atom. The molecule has 0 unspecified atom stereocenters. The number of carbonyl (C=O) groups excluding carboxylic acids is 1. The Hall–Kier alpha value is -3.30. The van der Waals surface area contributed by atoms with Crippen molar-refractivity contribution in [2.24, 2.45) is 0 Å². The SMILES string of the molecule is O=C1OCc2c1cc1cc(OCc3ccccc3)ccc1c2-c1ccc(Cl)cc1. The molecule has 0 radical (unpaired) electrons. The summed E-state index contributed by atoms with van der Waals surface area (Å²) in [6.07, 6.45) is 0. The highest BCUT2D eigenvalue weighted by Gasteiger charge is 2.26. The summed E-state index contributed by atoms with van der Waals surface area (Å²) in [4.78, 5) is 12.3. The number of rotatable bonds is 4. The molecule has 4 heteroatoms. The van der Waals surface area contributed by atoms with E-state index >= 15 is 0 Å². The molecule has 142 valence electrons. The zero-order chi connectivity index (χ0) is 19.8. The molecule has 0 saturated heterocycles. The minimum Gasteiger partial charge on any atom is -0.489 e. The third kappa shape index (κ3) is 3.34. The van der Waals surface area contributed by atoms with Crippen LogP contribution in [-0.2, 0) is 18.0 Å². The predicted octanol–water partition coefficient (Wildman–Crippen LogP) is 6.41. The van der Waals surface area contributed by atoms with Gasteiger partial charge in [-0.1, -0.05) is 60.1 Å². The van der Waals surface area contributed by atoms with E-state index in [1.807, 2.05) is 78.9 Å². The van der Waals surface area contributed by atoms with Gasteiger partial charge in [-0.2, -0.15) is 0 Å². The summed E-state index contributed by atoms with van der Waals surface area (Å²) in [6.45, 7) is 0.775. The van der Waals surface area contributed by atoms with Crippen molar-refractivity contribution >= 4 is 28.3 Å². The summed E-state index contributed by atoms with van der Waals surface area (Å²) in [5.74, 6) is 0.474. The Morgan fingerprint density at radius 3 is 2.52 bits per heavy atom. The van der Waals surface area contributed by atoms with Gasteiger partial charge in [-0.15, -0.1) is 0 Å². The molecule has 3 nitrogen and oxygen atoms in total. The van der Waals surface area contributed by atoms with Gasteiger partial charge in [-0.25, -0.2) is 4.79 Å². The lowest BCUT2D eigenvalue weighted by Crippen LogP contribution is -1.97. The second-order valence-corrected chi connectivity index (χ2v) is 7.45. The van der Waals surface area contributed by atoms with Crippen molar-refractivity contribution in [1.82, 2.24) is 0 Å². The molecule has 29 heavy (non-hydrogen) atoms. The number of fused-ring (bicyclic) bond motifs is 2. The van der Waals surface area contributed by atoms with Crippen LogP contribution in [0.4, 0.5) is 0 Å². The molecule has 0 atom stereocenters. The van der Waals surface area contributed by atoms with Crippen LogP contribution in [0.5, 0.6) is 5.75 Å². The van der Waals surface area contributed by atoms with Crippen LogP contribution in [0.15, 0.2) is 78.9 Å². The number of cyclic esters (lactones) is 1. The number of carbonyl (C=O) groups is 1. The molecule has 0 bridgehead atoms. The Balaban J connectivity index is 1.60. The Morgan fingerprint density at radius 1 is 0.931 bits per heavy atom. The van der Waals surface area contributed by atoms with Gasteiger partial charge in [-0.3, -0.25) is 0 Å². The van der Waals surface area contributed by atoms with Gasteiger partial charge in [0, 0.05) is 10.6 Å². The maximum Gasteiger partial charge on any atom is 0.338 e. The third-order valence-electron chi connectivity index (χ3n) is 5.17. The fourth-order valence-corrected chi connectivity index (χ4v) is 3.88. The highest BCUT2D eigenvalue weighted by Crippen LogP contribution is 2.39. The number of ether oxygens (including phenoxy) is 2. The molecule has 0 N–H and O–H groups in total. The first kappa shape index (κ1) is 17.8. The molecular formula is C25H17ClO3. The van der Waals surface area contributed by atoms with Crippen molar-refractivity contribution in [3.05, 3.63) is 101 Å². The van der Waals surface area contributed by atoms with Crippen LogP contribution in [0.3, 0.4) is 0 Å². The molecule has 0 aromatic heterocycles. The quantitative estimate of drug-likeness (QED) is 0.371. The maximum atomic E-state index is 12.3. The molecule has 4 aromatic carbocycles. The summed E-state index contributed by atoms with van der Waals surface area (Å²) in [6, 6.07) is 25.6. The lowest BCUT2D eigenvalue weighted by Gasteiger charge is -2.13. The Labute approximate surface area is 173 Å². The molecule has 5 rings (SSSR count).